The molecule has 0 aliphatic heterocycles. The number of nitrogens with zero attached hydrogens (tertiary/aromatic N) is 3. The van der Waals surface area contributed by atoms with Gasteiger partial charge in [0.1, 0.15) is 0 Å². The fraction of sp³-hybridized carbons (Fsp3) is 0.211. The normalized spacial score (nSPS) is 11.5. The highest BCUT2D eigenvalue weighted by Gasteiger charge is 2.30. The van der Waals surface area contributed by atoms with Gasteiger partial charge in [-0.25, -0.2) is 0 Å². The Morgan fingerprint density at radius 2 is 1.74 bits per heavy atom. The number of halogens is 3. The Balaban J connectivity index is 1.81. The van der Waals surface area contributed by atoms with Gasteiger partial charge in [-0.1, -0.05) is 38.1 Å². The van der Waals surface area contributed by atoms with E-state index in [1.165, 1.54) is 18.3 Å². The largest absolute Gasteiger partial charge is 0.416 e. The summed E-state index contributed by atoms with van der Waals surface area (Å²) in [6.45, 7) is 4.17. The summed E-state index contributed by atoms with van der Waals surface area (Å²) >= 11 is 0. The average molecular weight is 373 g/mol. The number of benzene rings is 2. The van der Waals surface area contributed by atoms with Crippen LogP contribution in [-0.2, 0) is 6.18 Å². The summed E-state index contributed by atoms with van der Waals surface area (Å²) in [5.74, 6) is 0.847. The average Bonchev–Trinajstić information content (AvgIpc) is 2.62. The molecule has 2 N–H and O–H groups in total. The Morgan fingerprint density at radius 3 is 2.48 bits per heavy atom. The van der Waals surface area contributed by atoms with Gasteiger partial charge < -0.3 is 10.6 Å². The van der Waals surface area contributed by atoms with Gasteiger partial charge in [0.15, 0.2) is 5.82 Å². The molecule has 0 spiro atoms. The first-order valence-electron chi connectivity index (χ1n) is 8.33. The first kappa shape index (κ1) is 18.6. The van der Waals surface area contributed by atoms with Crippen LogP contribution in [0.15, 0.2) is 54.7 Å². The summed E-state index contributed by atoms with van der Waals surface area (Å²) in [5, 5.41) is 13.6. The third-order valence-electron chi connectivity index (χ3n) is 3.85. The minimum atomic E-state index is -4.42. The van der Waals surface area contributed by atoms with Gasteiger partial charge >= 0.3 is 6.18 Å². The fourth-order valence-corrected chi connectivity index (χ4v) is 2.57. The van der Waals surface area contributed by atoms with E-state index in [0.29, 0.717) is 11.7 Å². The summed E-state index contributed by atoms with van der Waals surface area (Å²) in [6.07, 6.45) is -2.96. The molecule has 1 aromatic heterocycles. The van der Waals surface area contributed by atoms with E-state index in [1.807, 2.05) is 24.3 Å². The van der Waals surface area contributed by atoms with Crippen molar-refractivity contribution in [1.29, 1.82) is 0 Å². The monoisotopic (exact) mass is 373 g/mol. The zero-order valence-electron chi connectivity index (χ0n) is 14.7. The lowest BCUT2D eigenvalue weighted by Crippen LogP contribution is -2.07. The highest BCUT2D eigenvalue weighted by molar-refractivity contribution is 5.62. The molecule has 3 aromatic rings. The van der Waals surface area contributed by atoms with E-state index >= 15 is 0 Å². The standard InChI is InChI=1S/C19H18F3N5/c1-12(2)15-8-3-4-9-16(15)25-17-11-23-27-18(26-17)24-14-7-5-6-13(10-14)19(20,21)22/h3-12H,1-2H3,(H2,24,25,26,27). The third-order valence-corrected chi connectivity index (χ3v) is 3.85. The lowest BCUT2D eigenvalue weighted by atomic mass is 10.0. The van der Waals surface area contributed by atoms with Gasteiger partial charge in [0.05, 0.1) is 11.8 Å². The van der Waals surface area contributed by atoms with Crippen molar-refractivity contribution in [2.75, 3.05) is 10.6 Å². The van der Waals surface area contributed by atoms with Crippen molar-refractivity contribution in [3.8, 4) is 0 Å². The molecule has 140 valence electrons. The first-order valence-corrected chi connectivity index (χ1v) is 8.33. The third kappa shape index (κ3) is 4.72. The maximum atomic E-state index is 12.8. The minimum Gasteiger partial charge on any atom is -0.339 e. The molecule has 0 amide bonds. The second-order valence-electron chi connectivity index (χ2n) is 6.24. The molecule has 3 rings (SSSR count). The van der Waals surface area contributed by atoms with Crippen LogP contribution in [0, 0.1) is 0 Å². The summed E-state index contributed by atoms with van der Waals surface area (Å²) in [5.41, 5.74) is 1.48. The maximum absolute atomic E-state index is 12.8. The lowest BCUT2D eigenvalue weighted by Gasteiger charge is -2.14. The van der Waals surface area contributed by atoms with Gasteiger partial charge in [0, 0.05) is 11.4 Å². The summed E-state index contributed by atoms with van der Waals surface area (Å²) < 4.78 is 38.5. The summed E-state index contributed by atoms with van der Waals surface area (Å²) in [6, 6.07) is 12.6. The Morgan fingerprint density at radius 1 is 0.963 bits per heavy atom. The number of aromatic nitrogens is 3. The van der Waals surface area contributed by atoms with Crippen LogP contribution in [0.1, 0.15) is 30.9 Å². The van der Waals surface area contributed by atoms with Gasteiger partial charge in [-0.15, -0.1) is 5.10 Å². The van der Waals surface area contributed by atoms with Crippen LogP contribution in [0.3, 0.4) is 0 Å². The summed E-state index contributed by atoms with van der Waals surface area (Å²) in [4.78, 5) is 4.28. The van der Waals surface area contributed by atoms with Crippen LogP contribution in [0.5, 0.6) is 0 Å². The maximum Gasteiger partial charge on any atom is 0.416 e. The second-order valence-corrected chi connectivity index (χ2v) is 6.24. The van der Waals surface area contributed by atoms with Crippen LogP contribution in [0.25, 0.3) is 0 Å². The zero-order valence-corrected chi connectivity index (χ0v) is 14.7. The van der Waals surface area contributed by atoms with Crippen molar-refractivity contribution in [3.05, 3.63) is 65.9 Å². The van der Waals surface area contributed by atoms with Crippen molar-refractivity contribution >= 4 is 23.1 Å². The van der Waals surface area contributed by atoms with E-state index in [2.05, 4.69) is 39.7 Å². The highest BCUT2D eigenvalue weighted by Crippen LogP contribution is 2.31. The Bertz CT molecular complexity index is 925. The molecule has 0 radical (unpaired) electrons. The molecule has 2 aromatic carbocycles. The van der Waals surface area contributed by atoms with E-state index in [1.54, 1.807) is 0 Å². The molecule has 0 aliphatic carbocycles. The van der Waals surface area contributed by atoms with Gasteiger partial charge in [-0.3, -0.25) is 0 Å². The van der Waals surface area contributed by atoms with Gasteiger partial charge in [0.25, 0.3) is 0 Å². The molecule has 0 aliphatic rings. The number of hydrogen-bond acceptors (Lipinski definition) is 5. The van der Waals surface area contributed by atoms with E-state index in [-0.39, 0.29) is 11.6 Å². The molecular formula is C19H18F3N5. The molecule has 0 fully saturated rings. The van der Waals surface area contributed by atoms with Crippen LogP contribution in [0.2, 0.25) is 0 Å². The molecule has 0 unspecified atom stereocenters. The number of rotatable bonds is 5. The Kier molecular flexibility index (Phi) is 5.25. The molecule has 5 nitrogen and oxygen atoms in total. The second kappa shape index (κ2) is 7.61. The van der Waals surface area contributed by atoms with Crippen LogP contribution in [-0.4, -0.2) is 15.2 Å². The Labute approximate surface area is 154 Å². The van der Waals surface area contributed by atoms with E-state index in [4.69, 9.17) is 0 Å². The van der Waals surface area contributed by atoms with Crippen LogP contribution < -0.4 is 10.6 Å². The lowest BCUT2D eigenvalue weighted by molar-refractivity contribution is -0.137. The van der Waals surface area contributed by atoms with Crippen LogP contribution in [0.4, 0.5) is 36.3 Å². The first-order chi connectivity index (χ1) is 12.8. The molecule has 8 heteroatoms. The topological polar surface area (TPSA) is 62.7 Å². The van der Waals surface area contributed by atoms with Crippen molar-refractivity contribution in [1.82, 2.24) is 15.2 Å². The number of nitrogens with one attached hydrogen (secondary N) is 2. The van der Waals surface area contributed by atoms with Crippen molar-refractivity contribution in [2.24, 2.45) is 0 Å². The molecule has 0 saturated carbocycles. The van der Waals surface area contributed by atoms with Crippen molar-refractivity contribution in [2.45, 2.75) is 25.9 Å². The molecule has 1 heterocycles. The SMILES string of the molecule is CC(C)c1ccccc1Nc1cnnc(Nc2cccc(C(F)(F)F)c2)n1. The molecule has 0 saturated heterocycles. The molecular weight excluding hydrogens is 355 g/mol. The Hall–Kier alpha value is -3.16. The quantitative estimate of drug-likeness (QED) is 0.618. The highest BCUT2D eigenvalue weighted by atomic mass is 19.4. The minimum absolute atomic E-state index is 0.0985. The van der Waals surface area contributed by atoms with Gasteiger partial charge in [-0.2, -0.15) is 23.3 Å². The van der Waals surface area contributed by atoms with Gasteiger partial charge in [-0.05, 0) is 35.7 Å². The van der Waals surface area contributed by atoms with Crippen molar-refractivity contribution in [3.63, 3.8) is 0 Å². The smallest absolute Gasteiger partial charge is 0.339 e. The summed E-state index contributed by atoms with van der Waals surface area (Å²) in [7, 11) is 0. The molecule has 27 heavy (non-hydrogen) atoms. The van der Waals surface area contributed by atoms with E-state index < -0.39 is 11.7 Å². The molecule has 0 atom stereocenters. The number of para-hydroxylation sites is 1. The fourth-order valence-electron chi connectivity index (χ4n) is 2.57. The predicted molar refractivity (Wildman–Crippen MR) is 98.4 cm³/mol. The zero-order chi connectivity index (χ0) is 19.4. The predicted octanol–water partition coefficient (Wildman–Crippen LogP) is 5.50. The number of hydrogen-bond donors (Lipinski definition) is 2. The molecule has 0 bridgehead atoms. The number of anilines is 4. The van der Waals surface area contributed by atoms with Crippen molar-refractivity contribution < 1.29 is 13.2 Å². The number of alkyl halides is 3. The van der Waals surface area contributed by atoms with E-state index in [0.717, 1.165) is 23.4 Å². The van der Waals surface area contributed by atoms with Gasteiger partial charge in [0.2, 0.25) is 5.95 Å². The van der Waals surface area contributed by atoms with Crippen LogP contribution >= 0.6 is 0 Å². The van der Waals surface area contributed by atoms with E-state index in [9.17, 15) is 13.2 Å².